The van der Waals surface area contributed by atoms with E-state index in [0.29, 0.717) is 19.3 Å². The monoisotopic (exact) mass is 917 g/mol. The van der Waals surface area contributed by atoms with Gasteiger partial charge in [0.25, 0.3) is 0 Å². The maximum atomic E-state index is 12.8. The molecule has 0 radical (unpaired) electrons. The van der Waals surface area contributed by atoms with Crippen LogP contribution in [0.1, 0.15) is 245 Å². The Morgan fingerprint density at radius 2 is 0.606 bits per heavy atom. The van der Waals surface area contributed by atoms with E-state index >= 15 is 0 Å². The summed E-state index contributed by atoms with van der Waals surface area (Å²) in [6, 6.07) is 0. The van der Waals surface area contributed by atoms with E-state index in [1.54, 1.807) is 0 Å². The van der Waals surface area contributed by atoms with Crippen LogP contribution >= 0.6 is 0 Å². The maximum Gasteiger partial charge on any atom is 0.306 e. The number of allylic oxidation sites excluding steroid dienone is 16. The molecule has 0 aromatic carbocycles. The molecule has 0 aliphatic carbocycles. The fourth-order valence-corrected chi connectivity index (χ4v) is 7.18. The van der Waals surface area contributed by atoms with Crippen molar-refractivity contribution in [1.82, 2.24) is 0 Å². The van der Waals surface area contributed by atoms with Crippen molar-refractivity contribution in [3.63, 3.8) is 0 Å². The van der Waals surface area contributed by atoms with E-state index in [4.69, 9.17) is 14.2 Å². The number of rotatable bonds is 48. The van der Waals surface area contributed by atoms with Crippen LogP contribution in [0.5, 0.6) is 0 Å². The van der Waals surface area contributed by atoms with E-state index in [1.165, 1.54) is 57.8 Å². The largest absolute Gasteiger partial charge is 0.462 e. The zero-order chi connectivity index (χ0) is 47.9. The molecular weight excluding hydrogens is 817 g/mol. The van der Waals surface area contributed by atoms with Crippen molar-refractivity contribution in [2.75, 3.05) is 13.2 Å². The molecule has 66 heavy (non-hydrogen) atoms. The number of hydrogen-bond acceptors (Lipinski definition) is 6. The van der Waals surface area contributed by atoms with E-state index in [0.717, 1.165) is 148 Å². The zero-order valence-electron chi connectivity index (χ0n) is 42.9. The van der Waals surface area contributed by atoms with E-state index in [1.807, 2.05) is 0 Å². The lowest BCUT2D eigenvalue weighted by Crippen LogP contribution is -2.30. The number of unbranched alkanes of at least 4 members (excludes halogenated alkanes) is 21. The average molecular weight is 917 g/mol. The van der Waals surface area contributed by atoms with E-state index < -0.39 is 6.10 Å². The Balaban J connectivity index is 4.42. The third-order valence-electron chi connectivity index (χ3n) is 11.3. The third kappa shape index (κ3) is 51.3. The Hall–Kier alpha value is -3.67. The van der Waals surface area contributed by atoms with E-state index in [-0.39, 0.29) is 31.1 Å². The van der Waals surface area contributed by atoms with Gasteiger partial charge in [-0.05, 0) is 116 Å². The van der Waals surface area contributed by atoms with Crippen LogP contribution < -0.4 is 0 Å². The van der Waals surface area contributed by atoms with Gasteiger partial charge >= 0.3 is 17.9 Å². The van der Waals surface area contributed by atoms with Gasteiger partial charge in [0.15, 0.2) is 6.10 Å². The first kappa shape index (κ1) is 62.3. The second-order valence-corrected chi connectivity index (χ2v) is 17.7. The quantitative estimate of drug-likeness (QED) is 0.0262. The fraction of sp³-hybridized carbons (Fsp3) is 0.683. The number of carbonyl (C=O) groups is 3. The molecule has 1 atom stereocenters. The smallest absolute Gasteiger partial charge is 0.306 e. The molecule has 1 unspecified atom stereocenters. The minimum atomic E-state index is -0.797. The van der Waals surface area contributed by atoms with Crippen LogP contribution in [-0.2, 0) is 28.6 Å². The van der Waals surface area contributed by atoms with Gasteiger partial charge in [-0.15, -0.1) is 0 Å². The van der Waals surface area contributed by atoms with Gasteiger partial charge in [0.05, 0.1) is 0 Å². The average Bonchev–Trinajstić information content (AvgIpc) is 3.31. The van der Waals surface area contributed by atoms with Gasteiger partial charge in [0, 0.05) is 19.3 Å². The van der Waals surface area contributed by atoms with Crippen molar-refractivity contribution in [2.45, 2.75) is 252 Å². The molecule has 0 aliphatic rings. The zero-order valence-corrected chi connectivity index (χ0v) is 42.9. The van der Waals surface area contributed by atoms with Crippen LogP contribution in [0.2, 0.25) is 0 Å². The summed E-state index contributed by atoms with van der Waals surface area (Å²) in [6.45, 7) is 6.43. The Bertz CT molecular complexity index is 1330. The molecule has 0 heterocycles. The van der Waals surface area contributed by atoms with Crippen molar-refractivity contribution >= 4 is 17.9 Å². The van der Waals surface area contributed by atoms with Crippen molar-refractivity contribution in [3.8, 4) is 0 Å². The normalized spacial score (nSPS) is 12.8. The SMILES string of the molecule is CC/C=C\C/C=C\C/C=C\C/C=C\C/C=C\CCCCCCCC(=O)OCC(COC(=O)CCCCCCC/C=C\CCCC)OC(=O)CCCCCCC/C=C\C/C=C\CCCCCC. The summed E-state index contributed by atoms with van der Waals surface area (Å²) in [7, 11) is 0. The second kappa shape index (κ2) is 53.9. The van der Waals surface area contributed by atoms with Crippen molar-refractivity contribution < 1.29 is 28.6 Å². The number of hydrogen-bond donors (Lipinski definition) is 0. The molecule has 0 saturated heterocycles. The highest BCUT2D eigenvalue weighted by molar-refractivity contribution is 5.71. The second-order valence-electron chi connectivity index (χ2n) is 17.7. The Morgan fingerprint density at radius 3 is 0.985 bits per heavy atom. The summed E-state index contributed by atoms with van der Waals surface area (Å²) in [5.74, 6) is -0.938. The van der Waals surface area contributed by atoms with Crippen LogP contribution in [0.15, 0.2) is 97.2 Å². The lowest BCUT2D eigenvalue weighted by Gasteiger charge is -2.18. The first-order chi connectivity index (χ1) is 32.5. The predicted octanol–water partition coefficient (Wildman–Crippen LogP) is 18.1. The molecule has 6 heteroatoms. The summed E-state index contributed by atoms with van der Waals surface area (Å²) in [6.07, 6.45) is 71.0. The molecule has 6 nitrogen and oxygen atoms in total. The van der Waals surface area contributed by atoms with Crippen LogP contribution in [0, 0.1) is 0 Å². The minimum absolute atomic E-state index is 0.0949. The molecule has 0 saturated carbocycles. The van der Waals surface area contributed by atoms with E-state index in [9.17, 15) is 14.4 Å². The van der Waals surface area contributed by atoms with E-state index in [2.05, 4.69) is 118 Å². The fourth-order valence-electron chi connectivity index (χ4n) is 7.18. The topological polar surface area (TPSA) is 78.9 Å². The molecule has 0 fully saturated rings. The third-order valence-corrected chi connectivity index (χ3v) is 11.3. The maximum absolute atomic E-state index is 12.8. The number of carbonyl (C=O) groups excluding carboxylic acids is 3. The van der Waals surface area contributed by atoms with Gasteiger partial charge < -0.3 is 14.2 Å². The molecule has 0 aromatic rings. The Morgan fingerprint density at radius 1 is 0.318 bits per heavy atom. The predicted molar refractivity (Wildman–Crippen MR) is 284 cm³/mol. The summed E-state index contributed by atoms with van der Waals surface area (Å²) < 4.78 is 16.8. The first-order valence-corrected chi connectivity index (χ1v) is 27.2. The van der Waals surface area contributed by atoms with Crippen molar-refractivity contribution in [2.24, 2.45) is 0 Å². The highest BCUT2D eigenvalue weighted by atomic mass is 16.6. The van der Waals surface area contributed by atoms with Gasteiger partial charge in [0.1, 0.15) is 13.2 Å². The van der Waals surface area contributed by atoms with Crippen LogP contribution in [0.25, 0.3) is 0 Å². The summed E-state index contributed by atoms with van der Waals surface area (Å²) in [5.41, 5.74) is 0. The van der Waals surface area contributed by atoms with Crippen LogP contribution in [0.3, 0.4) is 0 Å². The summed E-state index contributed by atoms with van der Waals surface area (Å²) >= 11 is 0. The summed E-state index contributed by atoms with van der Waals surface area (Å²) in [5, 5.41) is 0. The molecule has 0 rings (SSSR count). The molecule has 0 amide bonds. The van der Waals surface area contributed by atoms with Crippen molar-refractivity contribution in [1.29, 1.82) is 0 Å². The highest BCUT2D eigenvalue weighted by Gasteiger charge is 2.19. The lowest BCUT2D eigenvalue weighted by atomic mass is 10.1. The molecule has 0 bridgehead atoms. The van der Waals surface area contributed by atoms with Crippen molar-refractivity contribution in [3.05, 3.63) is 97.2 Å². The number of esters is 3. The lowest BCUT2D eigenvalue weighted by molar-refractivity contribution is -0.167. The minimum Gasteiger partial charge on any atom is -0.462 e. The summed E-state index contributed by atoms with van der Waals surface area (Å²) in [4.78, 5) is 38.0. The number of ether oxygens (including phenoxy) is 3. The Labute approximate surface area is 407 Å². The highest BCUT2D eigenvalue weighted by Crippen LogP contribution is 2.13. The van der Waals surface area contributed by atoms with Gasteiger partial charge in [-0.3, -0.25) is 14.4 Å². The molecule has 0 N–H and O–H groups in total. The molecule has 0 aliphatic heterocycles. The van der Waals surface area contributed by atoms with Gasteiger partial charge in [-0.2, -0.15) is 0 Å². The standard InChI is InChI=1S/C60H100O6/c1-4-7-10-13-16-19-22-24-26-28-29-30-31-32-34-35-38-41-44-47-50-53-59(62)65-56-57(55-64-58(61)52-49-46-43-40-37-21-18-15-12-9-6-3)66-60(63)54-51-48-45-42-39-36-33-27-25-23-20-17-14-11-8-5-2/h7,10,15-16,18-20,23-24,26-27,29-30,32-34,57H,4-6,8-9,11-14,17,21-22,25,28,31,35-56H2,1-3H3/b10-7-,18-15-,19-16-,23-20-,26-24-,30-29-,33-27-,34-32-. The van der Waals surface area contributed by atoms with Gasteiger partial charge in [-0.1, -0.05) is 208 Å². The molecule has 0 spiro atoms. The molecule has 376 valence electrons. The molecule has 0 aromatic heterocycles. The van der Waals surface area contributed by atoms with Gasteiger partial charge in [-0.25, -0.2) is 0 Å². The van der Waals surface area contributed by atoms with Crippen LogP contribution in [0.4, 0.5) is 0 Å². The van der Waals surface area contributed by atoms with Crippen LogP contribution in [-0.4, -0.2) is 37.2 Å². The Kier molecular flexibility index (Phi) is 50.9. The molecular formula is C60H100O6. The first-order valence-electron chi connectivity index (χ1n) is 27.2. The van der Waals surface area contributed by atoms with Gasteiger partial charge in [0.2, 0.25) is 0 Å².